The minimum atomic E-state index is -1.80. The molecule has 2 nitrogen and oxygen atoms in total. The van der Waals surface area contributed by atoms with E-state index in [0.29, 0.717) is 5.56 Å². The molecule has 0 aliphatic heterocycles. The van der Waals surface area contributed by atoms with Gasteiger partial charge in [0, 0.05) is 0 Å². The van der Waals surface area contributed by atoms with E-state index in [1.807, 2.05) is 24.3 Å². The Morgan fingerprint density at radius 1 is 0.760 bits per heavy atom. The maximum Gasteiger partial charge on any atom is 0.335 e. The second-order valence-electron chi connectivity index (χ2n) is 6.06. The largest absolute Gasteiger partial charge is 0.478 e. The lowest BCUT2D eigenvalue weighted by Gasteiger charge is -2.27. The van der Waals surface area contributed by atoms with E-state index in [1.54, 1.807) is 12.1 Å². The highest BCUT2D eigenvalue weighted by Gasteiger charge is 2.44. The minimum Gasteiger partial charge on any atom is -0.478 e. The van der Waals surface area contributed by atoms with Crippen LogP contribution >= 0.6 is 7.26 Å². The van der Waals surface area contributed by atoms with Crippen molar-refractivity contribution in [2.45, 2.75) is 13.3 Å². The molecule has 0 aromatic heterocycles. The Hall–Kier alpha value is -2.44. The first-order valence-corrected chi connectivity index (χ1v) is 10.5. The Morgan fingerprint density at radius 2 is 1.20 bits per heavy atom. The molecule has 0 bridgehead atoms. The van der Waals surface area contributed by atoms with Crippen LogP contribution in [0.3, 0.4) is 0 Å². The summed E-state index contributed by atoms with van der Waals surface area (Å²) in [6.45, 7) is 2.21. The van der Waals surface area contributed by atoms with Crippen molar-refractivity contribution in [3.05, 3.63) is 90.5 Å². The average molecular weight is 349 g/mol. The standard InChI is InChI=1S/C22H21O2P/c1-2-17-25(19-9-5-3-6-10-19,20-11-7-4-8-12-20)21-15-13-18(14-16-21)22(23)24/h3-16H,2,17H2,1H3/p+1. The van der Waals surface area contributed by atoms with Crippen LogP contribution in [-0.4, -0.2) is 17.2 Å². The third-order valence-corrected chi connectivity index (χ3v) is 9.17. The fourth-order valence-corrected chi connectivity index (χ4v) is 7.75. The van der Waals surface area contributed by atoms with E-state index in [2.05, 4.69) is 55.5 Å². The summed E-state index contributed by atoms with van der Waals surface area (Å²) in [5.74, 6) is -0.884. The summed E-state index contributed by atoms with van der Waals surface area (Å²) in [6, 6.07) is 28.8. The molecule has 3 aromatic rings. The van der Waals surface area contributed by atoms with Gasteiger partial charge < -0.3 is 5.11 Å². The molecule has 0 radical (unpaired) electrons. The molecule has 25 heavy (non-hydrogen) atoms. The smallest absolute Gasteiger partial charge is 0.335 e. The molecule has 0 amide bonds. The maximum atomic E-state index is 11.2. The Kier molecular flexibility index (Phi) is 5.31. The van der Waals surface area contributed by atoms with Crippen molar-refractivity contribution in [2.75, 3.05) is 6.16 Å². The van der Waals surface area contributed by atoms with Crippen molar-refractivity contribution in [1.29, 1.82) is 0 Å². The van der Waals surface area contributed by atoms with Crippen LogP contribution in [0.2, 0.25) is 0 Å². The van der Waals surface area contributed by atoms with Crippen molar-refractivity contribution in [1.82, 2.24) is 0 Å². The monoisotopic (exact) mass is 349 g/mol. The van der Waals surface area contributed by atoms with Gasteiger partial charge in [0.2, 0.25) is 0 Å². The van der Waals surface area contributed by atoms with Gasteiger partial charge in [-0.15, -0.1) is 0 Å². The first-order chi connectivity index (χ1) is 12.2. The lowest BCUT2D eigenvalue weighted by molar-refractivity contribution is 0.0697. The topological polar surface area (TPSA) is 37.3 Å². The van der Waals surface area contributed by atoms with Gasteiger partial charge in [0.25, 0.3) is 0 Å². The molecule has 3 heteroatoms. The molecule has 0 saturated heterocycles. The van der Waals surface area contributed by atoms with E-state index in [0.717, 1.165) is 12.6 Å². The molecule has 0 heterocycles. The predicted octanol–water partition coefficient (Wildman–Crippen LogP) is 4.09. The zero-order valence-electron chi connectivity index (χ0n) is 14.3. The minimum absolute atomic E-state index is 0.333. The van der Waals surface area contributed by atoms with Gasteiger partial charge in [-0.1, -0.05) is 43.3 Å². The van der Waals surface area contributed by atoms with Crippen molar-refractivity contribution >= 4 is 29.1 Å². The van der Waals surface area contributed by atoms with E-state index in [1.165, 1.54) is 15.9 Å². The summed E-state index contributed by atoms with van der Waals surface area (Å²) in [7, 11) is -1.80. The van der Waals surface area contributed by atoms with Gasteiger partial charge in [-0.3, -0.25) is 0 Å². The Bertz CT molecular complexity index is 787. The molecular weight excluding hydrogens is 327 g/mol. The van der Waals surface area contributed by atoms with Crippen LogP contribution < -0.4 is 15.9 Å². The van der Waals surface area contributed by atoms with Crippen molar-refractivity contribution < 1.29 is 9.90 Å². The molecule has 0 atom stereocenters. The van der Waals surface area contributed by atoms with Gasteiger partial charge in [-0.2, -0.15) is 0 Å². The van der Waals surface area contributed by atoms with Gasteiger partial charge in [-0.25, -0.2) is 4.79 Å². The van der Waals surface area contributed by atoms with E-state index in [9.17, 15) is 9.90 Å². The molecule has 0 saturated carbocycles. The highest BCUT2D eigenvalue weighted by Crippen LogP contribution is 2.55. The number of carbonyl (C=O) groups is 1. The first-order valence-electron chi connectivity index (χ1n) is 8.51. The van der Waals surface area contributed by atoms with Crippen molar-refractivity contribution in [3.8, 4) is 0 Å². The van der Waals surface area contributed by atoms with Gasteiger partial charge in [0.05, 0.1) is 11.7 Å². The molecule has 3 aromatic carbocycles. The molecule has 3 rings (SSSR count). The number of rotatable bonds is 6. The number of aromatic carboxylic acids is 1. The van der Waals surface area contributed by atoms with E-state index in [4.69, 9.17) is 0 Å². The summed E-state index contributed by atoms with van der Waals surface area (Å²) < 4.78 is 0. The number of hydrogen-bond donors (Lipinski definition) is 1. The van der Waals surface area contributed by atoms with Crippen LogP contribution in [0.4, 0.5) is 0 Å². The SMILES string of the molecule is CCC[P+](c1ccccc1)(c1ccccc1)c1ccc(C(=O)O)cc1. The Morgan fingerprint density at radius 3 is 1.60 bits per heavy atom. The normalized spacial score (nSPS) is 11.2. The lowest BCUT2D eigenvalue weighted by Crippen LogP contribution is -2.33. The van der Waals surface area contributed by atoms with Crippen LogP contribution in [0.1, 0.15) is 23.7 Å². The fourth-order valence-electron chi connectivity index (χ4n) is 3.39. The molecular formula is C22H22O2P+. The van der Waals surface area contributed by atoms with Gasteiger partial charge in [-0.05, 0) is 55.0 Å². The van der Waals surface area contributed by atoms with Gasteiger partial charge in [0.15, 0.2) is 0 Å². The van der Waals surface area contributed by atoms with E-state index < -0.39 is 13.2 Å². The molecule has 126 valence electrons. The van der Waals surface area contributed by atoms with E-state index >= 15 is 0 Å². The summed E-state index contributed by atoms with van der Waals surface area (Å²) in [5.41, 5.74) is 0.333. The third kappa shape index (κ3) is 3.36. The molecule has 0 aliphatic rings. The zero-order valence-corrected chi connectivity index (χ0v) is 15.2. The van der Waals surface area contributed by atoms with Crippen LogP contribution in [0.15, 0.2) is 84.9 Å². The Labute approximate surface area is 149 Å². The lowest BCUT2D eigenvalue weighted by atomic mass is 10.2. The first kappa shape index (κ1) is 17.4. The quantitative estimate of drug-likeness (QED) is 0.681. The number of carboxylic acid groups (broad SMARTS) is 1. The summed E-state index contributed by atoms with van der Waals surface area (Å²) in [6.07, 6.45) is 2.13. The van der Waals surface area contributed by atoms with Crippen molar-refractivity contribution in [2.24, 2.45) is 0 Å². The molecule has 0 spiro atoms. The number of benzene rings is 3. The van der Waals surface area contributed by atoms with Crippen molar-refractivity contribution in [3.63, 3.8) is 0 Å². The van der Waals surface area contributed by atoms with E-state index in [-0.39, 0.29) is 0 Å². The number of hydrogen-bond acceptors (Lipinski definition) is 1. The van der Waals surface area contributed by atoms with Crippen LogP contribution in [-0.2, 0) is 0 Å². The predicted molar refractivity (Wildman–Crippen MR) is 107 cm³/mol. The molecule has 1 N–H and O–H groups in total. The molecule has 0 unspecified atom stereocenters. The van der Waals surface area contributed by atoms with Crippen LogP contribution in [0.25, 0.3) is 0 Å². The molecule has 0 fully saturated rings. The summed E-state index contributed by atoms with van der Waals surface area (Å²) in [5, 5.41) is 13.1. The maximum absolute atomic E-state index is 11.2. The highest BCUT2D eigenvalue weighted by atomic mass is 31.2. The fraction of sp³-hybridized carbons (Fsp3) is 0.136. The average Bonchev–Trinajstić information content (AvgIpc) is 2.67. The summed E-state index contributed by atoms with van der Waals surface area (Å²) in [4.78, 5) is 11.2. The second kappa shape index (κ2) is 7.63. The zero-order chi connectivity index (χ0) is 17.7. The molecule has 0 aliphatic carbocycles. The second-order valence-corrected chi connectivity index (χ2v) is 9.67. The van der Waals surface area contributed by atoms with Crippen LogP contribution in [0.5, 0.6) is 0 Å². The number of carboxylic acids is 1. The van der Waals surface area contributed by atoms with Crippen LogP contribution in [0, 0.1) is 0 Å². The summed E-state index contributed by atoms with van der Waals surface area (Å²) >= 11 is 0. The Balaban J connectivity index is 2.25. The third-order valence-electron chi connectivity index (χ3n) is 4.51. The van der Waals surface area contributed by atoms with Gasteiger partial charge in [0.1, 0.15) is 23.2 Å². The highest BCUT2D eigenvalue weighted by molar-refractivity contribution is 7.95. The van der Waals surface area contributed by atoms with Gasteiger partial charge >= 0.3 is 5.97 Å².